The van der Waals surface area contributed by atoms with E-state index in [-0.39, 0.29) is 18.0 Å². The second kappa shape index (κ2) is 7.85. The lowest BCUT2D eigenvalue weighted by atomic mass is 10.2. The second-order valence-electron chi connectivity index (χ2n) is 5.83. The molecule has 1 aromatic carbocycles. The number of nitrogens with one attached hydrogen (secondary N) is 1. The van der Waals surface area contributed by atoms with E-state index >= 15 is 0 Å². The molecule has 126 valence electrons. The number of rotatable bonds is 6. The van der Waals surface area contributed by atoms with E-state index in [1.54, 1.807) is 24.0 Å². The number of carbonyl (C=O) groups excluding carboxylic acids is 2. The maximum absolute atomic E-state index is 12.2. The van der Waals surface area contributed by atoms with Gasteiger partial charge in [-0.3, -0.25) is 4.79 Å². The molecule has 1 aliphatic rings. The minimum Gasteiger partial charge on any atom is -0.497 e. The summed E-state index contributed by atoms with van der Waals surface area (Å²) in [7, 11) is 3.38. The molecule has 0 aromatic heterocycles. The molecule has 6 nitrogen and oxygen atoms in total. The number of nitrogens with zero attached hydrogens (tertiary/aromatic N) is 2. The summed E-state index contributed by atoms with van der Waals surface area (Å²) in [6, 6.07) is 7.11. The molecule has 0 saturated carbocycles. The summed E-state index contributed by atoms with van der Waals surface area (Å²) in [5, 5.41) is 2.94. The lowest BCUT2D eigenvalue weighted by Crippen LogP contribution is -2.44. The van der Waals surface area contributed by atoms with E-state index in [9.17, 15) is 9.59 Å². The fraction of sp³-hybridized carbons (Fsp3) is 0.529. The van der Waals surface area contributed by atoms with Crippen LogP contribution in [0.5, 0.6) is 5.75 Å². The summed E-state index contributed by atoms with van der Waals surface area (Å²) in [5.74, 6) is 0.724. The van der Waals surface area contributed by atoms with E-state index in [4.69, 9.17) is 4.74 Å². The molecule has 0 radical (unpaired) electrons. The molecule has 0 spiro atoms. The lowest BCUT2D eigenvalue weighted by Gasteiger charge is -2.21. The van der Waals surface area contributed by atoms with Crippen molar-refractivity contribution in [3.63, 3.8) is 0 Å². The van der Waals surface area contributed by atoms with Crippen molar-refractivity contribution in [2.45, 2.75) is 32.2 Å². The van der Waals surface area contributed by atoms with Gasteiger partial charge in [0.25, 0.3) is 0 Å². The number of amides is 3. The van der Waals surface area contributed by atoms with E-state index in [1.807, 2.05) is 24.3 Å². The number of hydrogen-bond acceptors (Lipinski definition) is 3. The monoisotopic (exact) mass is 319 g/mol. The molecule has 3 amide bonds. The Bertz CT molecular complexity index is 562. The van der Waals surface area contributed by atoms with Gasteiger partial charge in [0.05, 0.1) is 13.2 Å². The predicted molar refractivity (Wildman–Crippen MR) is 89.8 cm³/mol. The first-order valence-corrected chi connectivity index (χ1v) is 8.01. The quantitative estimate of drug-likeness (QED) is 0.875. The SMILES string of the molecule is CCCCN(C)C(=O)N[C@@H]1CC(=O)N(c2cccc(OC)c2)C1. The van der Waals surface area contributed by atoms with Gasteiger partial charge in [0.2, 0.25) is 5.91 Å². The number of hydrogen-bond donors (Lipinski definition) is 1. The second-order valence-corrected chi connectivity index (χ2v) is 5.83. The molecule has 1 atom stereocenters. The van der Waals surface area contributed by atoms with Gasteiger partial charge in [0.15, 0.2) is 0 Å². The van der Waals surface area contributed by atoms with Crippen LogP contribution >= 0.6 is 0 Å². The summed E-state index contributed by atoms with van der Waals surface area (Å²) in [5.41, 5.74) is 0.797. The van der Waals surface area contributed by atoms with Crippen molar-refractivity contribution in [3.05, 3.63) is 24.3 Å². The zero-order chi connectivity index (χ0) is 16.8. The molecule has 2 rings (SSSR count). The largest absolute Gasteiger partial charge is 0.497 e. The van der Waals surface area contributed by atoms with E-state index in [0.29, 0.717) is 18.7 Å². The van der Waals surface area contributed by atoms with Gasteiger partial charge in [0, 0.05) is 38.3 Å². The van der Waals surface area contributed by atoms with E-state index in [0.717, 1.165) is 25.1 Å². The van der Waals surface area contributed by atoms with Gasteiger partial charge in [0.1, 0.15) is 5.75 Å². The summed E-state index contributed by atoms with van der Waals surface area (Å²) in [6.07, 6.45) is 2.34. The number of methoxy groups -OCH3 is 1. The van der Waals surface area contributed by atoms with Gasteiger partial charge in [-0.15, -0.1) is 0 Å². The molecule has 23 heavy (non-hydrogen) atoms. The van der Waals surface area contributed by atoms with Crippen molar-refractivity contribution in [2.75, 3.05) is 32.1 Å². The lowest BCUT2D eigenvalue weighted by molar-refractivity contribution is -0.117. The molecule has 1 aliphatic heterocycles. The van der Waals surface area contributed by atoms with Gasteiger partial charge in [-0.25, -0.2) is 4.79 Å². The molecule has 1 fully saturated rings. The maximum Gasteiger partial charge on any atom is 0.317 e. The Labute approximate surface area is 137 Å². The maximum atomic E-state index is 12.2. The fourth-order valence-corrected chi connectivity index (χ4v) is 2.61. The Balaban J connectivity index is 1.95. The summed E-state index contributed by atoms with van der Waals surface area (Å²) < 4.78 is 5.20. The number of carbonyl (C=O) groups is 2. The molecule has 1 saturated heterocycles. The fourth-order valence-electron chi connectivity index (χ4n) is 2.61. The molecule has 0 aliphatic carbocycles. The third kappa shape index (κ3) is 4.37. The van der Waals surface area contributed by atoms with Crippen LogP contribution in [0.15, 0.2) is 24.3 Å². The molecule has 6 heteroatoms. The van der Waals surface area contributed by atoms with Crippen molar-refractivity contribution in [3.8, 4) is 5.75 Å². The normalized spacial score (nSPS) is 17.3. The minimum atomic E-state index is -0.162. The molecule has 0 unspecified atom stereocenters. The highest BCUT2D eigenvalue weighted by molar-refractivity contribution is 5.97. The van der Waals surface area contributed by atoms with Gasteiger partial charge in [-0.2, -0.15) is 0 Å². The smallest absolute Gasteiger partial charge is 0.317 e. The van der Waals surface area contributed by atoms with Crippen molar-refractivity contribution in [1.82, 2.24) is 10.2 Å². The van der Waals surface area contributed by atoms with Crippen LogP contribution < -0.4 is 15.0 Å². The first-order valence-electron chi connectivity index (χ1n) is 8.01. The highest BCUT2D eigenvalue weighted by atomic mass is 16.5. The number of anilines is 1. The number of urea groups is 1. The predicted octanol–water partition coefficient (Wildman–Crippen LogP) is 2.24. The van der Waals surface area contributed by atoms with Crippen molar-refractivity contribution >= 4 is 17.6 Å². The van der Waals surface area contributed by atoms with E-state index < -0.39 is 0 Å². The number of ether oxygens (including phenoxy) is 1. The average Bonchev–Trinajstić information content (AvgIpc) is 2.92. The highest BCUT2D eigenvalue weighted by Crippen LogP contribution is 2.25. The van der Waals surface area contributed by atoms with Crippen molar-refractivity contribution < 1.29 is 14.3 Å². The van der Waals surface area contributed by atoms with Crippen molar-refractivity contribution in [1.29, 1.82) is 0 Å². The zero-order valence-electron chi connectivity index (χ0n) is 14.0. The Morgan fingerprint density at radius 3 is 2.96 bits per heavy atom. The van der Waals surface area contributed by atoms with Gasteiger partial charge in [-0.1, -0.05) is 19.4 Å². The zero-order valence-corrected chi connectivity index (χ0v) is 14.0. The van der Waals surface area contributed by atoms with Crippen LogP contribution in [0.2, 0.25) is 0 Å². The Kier molecular flexibility index (Phi) is 5.84. The summed E-state index contributed by atoms with van der Waals surface area (Å²) >= 11 is 0. The van der Waals surface area contributed by atoms with Crippen LogP contribution in [0.25, 0.3) is 0 Å². The first kappa shape index (κ1) is 17.1. The minimum absolute atomic E-state index is 0.0137. The highest BCUT2D eigenvalue weighted by Gasteiger charge is 2.32. The van der Waals surface area contributed by atoms with Crippen LogP contribution in [-0.4, -0.2) is 50.1 Å². The van der Waals surface area contributed by atoms with Gasteiger partial charge in [-0.05, 0) is 18.6 Å². The Morgan fingerprint density at radius 1 is 1.48 bits per heavy atom. The van der Waals surface area contributed by atoms with Gasteiger partial charge < -0.3 is 19.9 Å². The summed E-state index contributed by atoms with van der Waals surface area (Å²) in [4.78, 5) is 27.7. The number of benzene rings is 1. The third-order valence-electron chi connectivity index (χ3n) is 4.01. The standard InChI is InChI=1S/C17H25N3O3/c1-4-5-9-19(2)17(22)18-13-10-16(21)20(12-13)14-7-6-8-15(11-14)23-3/h6-8,11,13H,4-5,9-10,12H2,1-3H3,(H,18,22)/t13-/m1/s1. The Morgan fingerprint density at radius 2 is 2.26 bits per heavy atom. The average molecular weight is 319 g/mol. The van der Waals surface area contributed by atoms with E-state index in [1.165, 1.54) is 0 Å². The van der Waals surface area contributed by atoms with Crippen LogP contribution in [-0.2, 0) is 4.79 Å². The topological polar surface area (TPSA) is 61.9 Å². The molecule has 1 N–H and O–H groups in total. The van der Waals surface area contributed by atoms with Crippen molar-refractivity contribution in [2.24, 2.45) is 0 Å². The Hall–Kier alpha value is -2.24. The molecule has 1 aromatic rings. The van der Waals surface area contributed by atoms with E-state index in [2.05, 4.69) is 12.2 Å². The number of unbranched alkanes of at least 4 members (excludes halogenated alkanes) is 1. The van der Waals surface area contributed by atoms with Crippen LogP contribution in [0.4, 0.5) is 10.5 Å². The molecule has 1 heterocycles. The first-order chi connectivity index (χ1) is 11.0. The summed E-state index contributed by atoms with van der Waals surface area (Å²) in [6.45, 7) is 3.30. The molecule has 0 bridgehead atoms. The van der Waals surface area contributed by atoms with Crippen LogP contribution in [0.1, 0.15) is 26.2 Å². The van der Waals surface area contributed by atoms with Crippen LogP contribution in [0.3, 0.4) is 0 Å². The molecular formula is C17H25N3O3. The molecular weight excluding hydrogens is 294 g/mol. The van der Waals surface area contributed by atoms with Crippen LogP contribution in [0, 0.1) is 0 Å². The van der Waals surface area contributed by atoms with Gasteiger partial charge >= 0.3 is 6.03 Å². The third-order valence-corrected chi connectivity index (χ3v) is 4.01.